The topological polar surface area (TPSA) is 83.5 Å². The molecule has 0 spiro atoms. The molecule has 3 aliphatic carbocycles. The van der Waals surface area contributed by atoms with Crippen LogP contribution in [0.2, 0.25) is 0 Å². The molecule has 2 N–H and O–H groups in total. The predicted molar refractivity (Wildman–Crippen MR) is 103 cm³/mol. The number of fused-ring (bicyclic) bond motifs is 2. The lowest BCUT2D eigenvalue weighted by Crippen LogP contribution is -2.60. The molecule has 2 bridgehead atoms. The number of sulfone groups is 1. The van der Waals surface area contributed by atoms with Crippen LogP contribution in [-0.2, 0) is 9.84 Å². The molecule has 1 amide bonds. The van der Waals surface area contributed by atoms with Crippen molar-refractivity contribution in [3.63, 3.8) is 0 Å². The van der Waals surface area contributed by atoms with Crippen molar-refractivity contribution in [3.8, 4) is 0 Å². The number of aliphatic hydroxyl groups is 1. The highest BCUT2D eigenvalue weighted by atomic mass is 32.2. The van der Waals surface area contributed by atoms with Gasteiger partial charge in [-0.15, -0.1) is 0 Å². The van der Waals surface area contributed by atoms with E-state index in [2.05, 4.69) is 5.32 Å². The standard InChI is InChI=1S/C21H20F3NO4S/c1-21(27)12-7-13(21)9-15(8-12)30(28,29)19-6-11(2-4-17(19)23)20(26)25-14-3-5-16(22)18(24)10-14/h2-6,10,12-13,15,27H,7-9H2,1H3,(H,25,26). The second kappa shape index (κ2) is 7.09. The van der Waals surface area contributed by atoms with Crippen LogP contribution in [0.4, 0.5) is 18.9 Å². The van der Waals surface area contributed by atoms with Crippen LogP contribution in [0.1, 0.15) is 36.5 Å². The maximum atomic E-state index is 14.4. The number of halogens is 3. The van der Waals surface area contributed by atoms with E-state index >= 15 is 0 Å². The summed E-state index contributed by atoms with van der Waals surface area (Å²) in [7, 11) is -4.06. The zero-order valence-electron chi connectivity index (χ0n) is 16.0. The van der Waals surface area contributed by atoms with E-state index in [1.54, 1.807) is 6.92 Å². The first kappa shape index (κ1) is 20.9. The van der Waals surface area contributed by atoms with Crippen molar-refractivity contribution in [2.24, 2.45) is 11.8 Å². The third kappa shape index (κ3) is 3.39. The van der Waals surface area contributed by atoms with E-state index in [0.29, 0.717) is 0 Å². The summed E-state index contributed by atoms with van der Waals surface area (Å²) in [6.45, 7) is 1.69. The van der Waals surface area contributed by atoms with Crippen LogP contribution in [0.3, 0.4) is 0 Å². The number of hydrogen-bond donors (Lipinski definition) is 2. The number of hydrogen-bond acceptors (Lipinski definition) is 4. The molecule has 9 heteroatoms. The average molecular weight is 439 g/mol. The van der Waals surface area contributed by atoms with Crippen LogP contribution in [-0.4, -0.2) is 30.3 Å². The number of amides is 1. The summed E-state index contributed by atoms with van der Waals surface area (Å²) in [6, 6.07) is 5.75. The highest BCUT2D eigenvalue weighted by molar-refractivity contribution is 7.92. The Morgan fingerprint density at radius 3 is 2.23 bits per heavy atom. The van der Waals surface area contributed by atoms with Crippen LogP contribution in [0.25, 0.3) is 0 Å². The van der Waals surface area contributed by atoms with Crippen molar-refractivity contribution in [3.05, 3.63) is 59.4 Å². The number of rotatable bonds is 4. The number of nitrogens with one attached hydrogen (secondary N) is 1. The summed E-state index contributed by atoms with van der Waals surface area (Å²) in [5, 5.41) is 11.8. The normalized spacial score (nSPS) is 28.0. The van der Waals surface area contributed by atoms with Crippen LogP contribution < -0.4 is 5.32 Å². The lowest BCUT2D eigenvalue weighted by atomic mass is 9.54. The molecule has 0 aliphatic heterocycles. The van der Waals surface area contributed by atoms with Gasteiger partial charge in [0.2, 0.25) is 0 Å². The smallest absolute Gasteiger partial charge is 0.255 e. The molecule has 0 radical (unpaired) electrons. The van der Waals surface area contributed by atoms with Crippen molar-refractivity contribution >= 4 is 21.4 Å². The molecule has 0 saturated heterocycles. The maximum Gasteiger partial charge on any atom is 0.255 e. The molecule has 2 atom stereocenters. The van der Waals surface area contributed by atoms with Crippen molar-refractivity contribution in [1.29, 1.82) is 0 Å². The van der Waals surface area contributed by atoms with E-state index in [1.165, 1.54) is 0 Å². The summed E-state index contributed by atoms with van der Waals surface area (Å²) in [6.07, 6.45) is 1.21. The van der Waals surface area contributed by atoms with Gasteiger partial charge in [-0.25, -0.2) is 21.6 Å². The van der Waals surface area contributed by atoms with E-state index < -0.39 is 48.9 Å². The van der Waals surface area contributed by atoms with Gasteiger partial charge in [0.05, 0.1) is 10.9 Å². The Morgan fingerprint density at radius 1 is 1.00 bits per heavy atom. The minimum absolute atomic E-state index is 0.0257. The van der Waals surface area contributed by atoms with Gasteiger partial charge < -0.3 is 10.4 Å². The van der Waals surface area contributed by atoms with Gasteiger partial charge in [-0.2, -0.15) is 0 Å². The Bertz CT molecular complexity index is 1120. The molecule has 3 saturated carbocycles. The molecule has 30 heavy (non-hydrogen) atoms. The van der Waals surface area contributed by atoms with Gasteiger partial charge in [0.25, 0.3) is 5.91 Å². The highest BCUT2D eigenvalue weighted by Gasteiger charge is 2.57. The molecular formula is C21H20F3NO4S. The molecule has 3 fully saturated rings. The minimum Gasteiger partial charge on any atom is -0.390 e. The quantitative estimate of drug-likeness (QED) is 0.761. The first-order valence-electron chi connectivity index (χ1n) is 9.52. The van der Waals surface area contributed by atoms with Crippen LogP contribution in [0, 0.1) is 29.3 Å². The number of benzene rings is 2. The molecule has 5 rings (SSSR count). The Morgan fingerprint density at radius 2 is 1.63 bits per heavy atom. The highest BCUT2D eigenvalue weighted by Crippen LogP contribution is 2.55. The Hall–Kier alpha value is -2.39. The Kier molecular flexibility index (Phi) is 4.93. The molecule has 2 aromatic carbocycles. The zero-order chi connectivity index (χ0) is 21.8. The Labute approximate surface area is 171 Å². The third-order valence-electron chi connectivity index (χ3n) is 6.43. The van der Waals surface area contributed by atoms with Crippen molar-refractivity contribution in [2.75, 3.05) is 5.32 Å². The first-order chi connectivity index (χ1) is 14.0. The fourth-order valence-electron chi connectivity index (χ4n) is 4.47. The summed E-state index contributed by atoms with van der Waals surface area (Å²) in [5.41, 5.74) is -1.05. The summed E-state index contributed by atoms with van der Waals surface area (Å²) >= 11 is 0. The molecule has 5 nitrogen and oxygen atoms in total. The van der Waals surface area contributed by atoms with Crippen LogP contribution in [0.15, 0.2) is 41.3 Å². The van der Waals surface area contributed by atoms with Gasteiger partial charge in [0, 0.05) is 17.3 Å². The van der Waals surface area contributed by atoms with E-state index in [1.807, 2.05) is 0 Å². The molecule has 0 aromatic heterocycles. The van der Waals surface area contributed by atoms with Gasteiger partial charge in [-0.05, 0) is 68.4 Å². The molecule has 3 aliphatic rings. The molecule has 2 aromatic rings. The van der Waals surface area contributed by atoms with Crippen LogP contribution in [0.5, 0.6) is 0 Å². The molecule has 0 heterocycles. The van der Waals surface area contributed by atoms with E-state index in [0.717, 1.165) is 42.8 Å². The largest absolute Gasteiger partial charge is 0.390 e. The first-order valence-corrected chi connectivity index (χ1v) is 11.1. The summed E-state index contributed by atoms with van der Waals surface area (Å²) < 4.78 is 66.9. The van der Waals surface area contributed by atoms with Gasteiger partial charge in [0.1, 0.15) is 10.7 Å². The van der Waals surface area contributed by atoms with Crippen molar-refractivity contribution in [1.82, 2.24) is 0 Å². The second-order valence-corrected chi connectivity index (χ2v) is 10.4. The lowest BCUT2D eigenvalue weighted by Gasteiger charge is -2.56. The van der Waals surface area contributed by atoms with Crippen LogP contribution >= 0.6 is 0 Å². The van der Waals surface area contributed by atoms with Gasteiger partial charge >= 0.3 is 0 Å². The maximum absolute atomic E-state index is 14.4. The van der Waals surface area contributed by atoms with Gasteiger partial charge in [-0.3, -0.25) is 4.79 Å². The molecule has 160 valence electrons. The third-order valence-corrected chi connectivity index (χ3v) is 8.62. The predicted octanol–water partition coefficient (Wildman–Crippen LogP) is 3.68. The summed E-state index contributed by atoms with van der Waals surface area (Å²) in [4.78, 5) is 11.9. The van der Waals surface area contributed by atoms with Crippen molar-refractivity contribution < 1.29 is 31.5 Å². The van der Waals surface area contributed by atoms with Gasteiger partial charge in [-0.1, -0.05) is 0 Å². The fourth-order valence-corrected chi connectivity index (χ4v) is 6.43. The Balaban J connectivity index is 1.58. The lowest BCUT2D eigenvalue weighted by molar-refractivity contribution is -0.162. The average Bonchev–Trinajstić information content (AvgIpc) is 2.70. The second-order valence-electron chi connectivity index (χ2n) is 8.22. The van der Waals surface area contributed by atoms with E-state index in [-0.39, 0.29) is 35.9 Å². The fraction of sp³-hybridized carbons (Fsp3) is 0.381. The summed E-state index contributed by atoms with van der Waals surface area (Å²) in [5.74, 6) is -4.29. The monoisotopic (exact) mass is 439 g/mol. The molecule has 2 unspecified atom stereocenters. The number of carbonyl (C=O) groups is 1. The number of anilines is 1. The van der Waals surface area contributed by atoms with Crippen molar-refractivity contribution in [2.45, 2.75) is 41.9 Å². The van der Waals surface area contributed by atoms with Gasteiger partial charge in [0.15, 0.2) is 21.5 Å². The minimum atomic E-state index is -4.06. The molecular weight excluding hydrogens is 419 g/mol. The van der Waals surface area contributed by atoms with E-state index in [9.17, 15) is 31.5 Å². The number of carbonyl (C=O) groups excluding carboxylic acids is 1. The zero-order valence-corrected chi connectivity index (χ0v) is 16.8. The SMILES string of the molecule is CC1(O)C2CC1CC(S(=O)(=O)c1cc(C(=O)Nc3ccc(F)c(F)c3)ccc1F)C2. The van der Waals surface area contributed by atoms with E-state index in [4.69, 9.17) is 0 Å².